The lowest BCUT2D eigenvalue weighted by molar-refractivity contribution is -0.137. The van der Waals surface area contributed by atoms with Gasteiger partial charge >= 0.3 is 12.2 Å². The van der Waals surface area contributed by atoms with E-state index in [9.17, 15) is 39.9 Å². The second kappa shape index (κ2) is 9.19. The Hall–Kier alpha value is -2.64. The summed E-state index contributed by atoms with van der Waals surface area (Å²) in [6.07, 6.45) is -2.52. The zero-order valence-corrected chi connectivity index (χ0v) is 19.9. The number of fused-ring (bicyclic) bond motifs is 1. The molecule has 0 saturated heterocycles. The largest absolute Gasteiger partial charge is 0.416 e. The molecular formula is C21H23F3N2O6S2. The second-order valence-corrected chi connectivity index (χ2v) is 12.1. The molecular weight excluding hydrogens is 497 g/mol. The number of carbonyl (C=O) groups excluding carboxylic acids is 1. The smallest absolute Gasteiger partial charge is 0.392 e. The minimum Gasteiger partial charge on any atom is -0.392 e. The first-order chi connectivity index (χ1) is 15.6. The second-order valence-electron chi connectivity index (χ2n) is 8.25. The number of carbonyl (C=O) groups is 1. The Labute approximate surface area is 195 Å². The molecule has 0 saturated carbocycles. The number of halogens is 3. The van der Waals surface area contributed by atoms with Gasteiger partial charge in [-0.2, -0.15) is 13.2 Å². The monoisotopic (exact) mass is 520 g/mol. The highest BCUT2D eigenvalue weighted by Gasteiger charge is 2.35. The number of nitrogens with one attached hydrogen (secondary N) is 1. The quantitative estimate of drug-likeness (QED) is 0.603. The van der Waals surface area contributed by atoms with Gasteiger partial charge in [-0.15, -0.1) is 3.71 Å². The summed E-state index contributed by atoms with van der Waals surface area (Å²) in [5, 5.41) is 11.7. The molecule has 13 heteroatoms. The highest BCUT2D eigenvalue weighted by atomic mass is 32.3. The van der Waals surface area contributed by atoms with Crippen molar-refractivity contribution in [3.8, 4) is 0 Å². The van der Waals surface area contributed by atoms with Crippen molar-refractivity contribution in [3.05, 3.63) is 69.8 Å². The molecule has 2 aromatic rings. The standard InChI is InChI=1S/C21H23F3N2O6S2/c1-33(29,30)26(34(2,31)32)20(28)25-19-10-16-4-3-13(7-17(16)11-19)5-14-6-15(12-27)9-18(8-14)21(22,23)24/h3-4,6-9,19,27H,5,10-12H2,1-2H3,(H,25,28)/t19-/m0/s1. The van der Waals surface area contributed by atoms with Gasteiger partial charge in [0.2, 0.25) is 20.0 Å². The molecule has 8 nitrogen and oxygen atoms in total. The molecule has 1 atom stereocenters. The third-order valence-corrected chi connectivity index (χ3v) is 8.43. The van der Waals surface area contributed by atoms with E-state index in [1.54, 1.807) is 18.2 Å². The van der Waals surface area contributed by atoms with Gasteiger partial charge in [0.1, 0.15) is 0 Å². The molecule has 0 aliphatic heterocycles. The molecule has 0 heterocycles. The molecule has 1 aliphatic rings. The molecule has 3 rings (SSSR count). The lowest BCUT2D eigenvalue weighted by Crippen LogP contribution is -2.49. The molecule has 2 N–H and O–H groups in total. The number of alkyl halides is 3. The van der Waals surface area contributed by atoms with Crippen LogP contribution in [0.5, 0.6) is 0 Å². The number of sulfonamides is 2. The van der Waals surface area contributed by atoms with Crippen LogP contribution in [-0.4, -0.2) is 50.2 Å². The molecule has 0 spiro atoms. The van der Waals surface area contributed by atoms with Crippen LogP contribution in [0.25, 0.3) is 0 Å². The van der Waals surface area contributed by atoms with E-state index >= 15 is 0 Å². The number of amides is 2. The topological polar surface area (TPSA) is 121 Å². The summed E-state index contributed by atoms with van der Waals surface area (Å²) in [6, 6.07) is 6.88. The van der Waals surface area contributed by atoms with E-state index in [2.05, 4.69) is 5.32 Å². The lowest BCUT2D eigenvalue weighted by atomic mass is 9.97. The van der Waals surface area contributed by atoms with Gasteiger partial charge in [-0.3, -0.25) is 0 Å². The van der Waals surface area contributed by atoms with E-state index in [1.165, 1.54) is 6.07 Å². The Bertz CT molecular complexity index is 1290. The van der Waals surface area contributed by atoms with Crippen LogP contribution in [0.15, 0.2) is 36.4 Å². The van der Waals surface area contributed by atoms with Crippen molar-refractivity contribution in [2.24, 2.45) is 0 Å². The van der Waals surface area contributed by atoms with Crippen LogP contribution in [0.1, 0.15) is 33.4 Å². The van der Waals surface area contributed by atoms with Crippen molar-refractivity contribution in [1.29, 1.82) is 0 Å². The molecule has 2 aromatic carbocycles. The SMILES string of the molecule is CS(=O)(=O)N(C(=O)N[C@H]1Cc2ccc(Cc3cc(CO)cc(C(F)(F)F)c3)cc2C1)S(C)(=O)=O. The Balaban J connectivity index is 1.77. The van der Waals surface area contributed by atoms with Gasteiger partial charge in [-0.1, -0.05) is 24.3 Å². The molecule has 0 aromatic heterocycles. The summed E-state index contributed by atoms with van der Waals surface area (Å²) in [4.78, 5) is 12.4. The van der Waals surface area contributed by atoms with Crippen molar-refractivity contribution in [3.63, 3.8) is 0 Å². The fraction of sp³-hybridized carbons (Fsp3) is 0.381. The van der Waals surface area contributed by atoms with Gasteiger partial charge in [0, 0.05) is 6.04 Å². The fourth-order valence-electron chi connectivity index (χ4n) is 4.01. The molecule has 0 radical (unpaired) electrons. The summed E-state index contributed by atoms with van der Waals surface area (Å²) >= 11 is 0. The van der Waals surface area contributed by atoms with Crippen molar-refractivity contribution < 1.29 is 39.9 Å². The maximum atomic E-state index is 13.2. The Morgan fingerprint density at radius 2 is 1.56 bits per heavy atom. The number of urea groups is 1. The van der Waals surface area contributed by atoms with Crippen molar-refractivity contribution >= 4 is 26.1 Å². The number of benzene rings is 2. The summed E-state index contributed by atoms with van der Waals surface area (Å²) < 4.78 is 86.3. The maximum absolute atomic E-state index is 13.2. The first-order valence-electron chi connectivity index (χ1n) is 10.0. The highest BCUT2D eigenvalue weighted by molar-refractivity contribution is 8.04. The van der Waals surface area contributed by atoms with E-state index in [0.29, 0.717) is 36.5 Å². The molecule has 0 bridgehead atoms. The first-order valence-corrected chi connectivity index (χ1v) is 13.7. The Morgan fingerprint density at radius 3 is 2.12 bits per heavy atom. The fourth-order valence-corrected chi connectivity index (χ4v) is 6.69. The average molecular weight is 521 g/mol. The molecule has 186 valence electrons. The summed E-state index contributed by atoms with van der Waals surface area (Å²) in [6.45, 7) is -0.527. The van der Waals surface area contributed by atoms with Gasteiger partial charge in [-0.25, -0.2) is 21.6 Å². The Morgan fingerprint density at radius 1 is 0.971 bits per heavy atom. The number of nitrogens with zero attached hydrogens (tertiary/aromatic N) is 1. The summed E-state index contributed by atoms with van der Waals surface area (Å²) in [7, 11) is -8.71. The van der Waals surface area contributed by atoms with E-state index in [0.717, 1.165) is 23.3 Å². The van der Waals surface area contributed by atoms with Crippen LogP contribution < -0.4 is 5.32 Å². The van der Waals surface area contributed by atoms with Crippen LogP contribution in [0, 0.1) is 0 Å². The van der Waals surface area contributed by atoms with Crippen LogP contribution in [-0.2, 0) is 52.1 Å². The number of hydrogen-bond acceptors (Lipinski definition) is 6. The normalized spacial score (nSPS) is 16.2. The predicted octanol–water partition coefficient (Wildman–Crippen LogP) is 2.19. The molecule has 0 unspecified atom stereocenters. The summed E-state index contributed by atoms with van der Waals surface area (Å²) in [5.41, 5.74) is 2.04. The lowest BCUT2D eigenvalue weighted by Gasteiger charge is -2.20. The highest BCUT2D eigenvalue weighted by Crippen LogP contribution is 2.32. The average Bonchev–Trinajstić information content (AvgIpc) is 3.05. The van der Waals surface area contributed by atoms with Gasteiger partial charge in [-0.05, 0) is 59.2 Å². The third-order valence-electron chi connectivity index (χ3n) is 5.27. The van der Waals surface area contributed by atoms with Crippen LogP contribution >= 0.6 is 0 Å². The number of rotatable bonds is 6. The zero-order chi connectivity index (χ0) is 25.5. The van der Waals surface area contributed by atoms with Gasteiger partial charge in [0.25, 0.3) is 0 Å². The van der Waals surface area contributed by atoms with Crippen molar-refractivity contribution in [1.82, 2.24) is 9.03 Å². The first kappa shape index (κ1) is 26.0. The molecule has 1 aliphatic carbocycles. The Kier molecular flexibility index (Phi) is 7.02. The minimum atomic E-state index is -4.55. The van der Waals surface area contributed by atoms with Crippen LogP contribution in [0.4, 0.5) is 18.0 Å². The number of aliphatic hydroxyl groups excluding tert-OH is 1. The molecule has 0 fully saturated rings. The summed E-state index contributed by atoms with van der Waals surface area (Å²) in [5.74, 6) is 0. The predicted molar refractivity (Wildman–Crippen MR) is 118 cm³/mol. The van der Waals surface area contributed by atoms with Gasteiger partial charge in [0.05, 0.1) is 24.7 Å². The molecule has 2 amide bonds. The van der Waals surface area contributed by atoms with Crippen LogP contribution in [0.3, 0.4) is 0 Å². The van der Waals surface area contributed by atoms with E-state index in [-0.39, 0.29) is 15.7 Å². The number of aliphatic hydroxyl groups is 1. The van der Waals surface area contributed by atoms with Crippen molar-refractivity contribution in [2.45, 2.75) is 38.1 Å². The van der Waals surface area contributed by atoms with Gasteiger partial charge in [0.15, 0.2) is 0 Å². The van der Waals surface area contributed by atoms with E-state index in [4.69, 9.17) is 0 Å². The van der Waals surface area contributed by atoms with Crippen LogP contribution in [0.2, 0.25) is 0 Å². The van der Waals surface area contributed by atoms with E-state index < -0.39 is 50.5 Å². The third kappa shape index (κ3) is 6.07. The number of hydrogen-bond donors (Lipinski definition) is 2. The minimum absolute atomic E-state index is 0.148. The maximum Gasteiger partial charge on any atom is 0.416 e. The van der Waals surface area contributed by atoms with Gasteiger partial charge < -0.3 is 10.4 Å². The molecule has 34 heavy (non-hydrogen) atoms. The van der Waals surface area contributed by atoms with Crippen molar-refractivity contribution in [2.75, 3.05) is 12.5 Å². The van der Waals surface area contributed by atoms with E-state index in [1.807, 2.05) is 0 Å². The zero-order valence-electron chi connectivity index (χ0n) is 18.3.